The summed E-state index contributed by atoms with van der Waals surface area (Å²) in [4.78, 5) is 23.9. The van der Waals surface area contributed by atoms with Crippen LogP contribution in [0.4, 0.5) is 0 Å². The number of nitrogens with one attached hydrogen (secondary N) is 2. The normalized spacial score (nSPS) is 13.1. The maximum Gasteiger partial charge on any atom is 0.242 e. The van der Waals surface area contributed by atoms with E-state index in [1.165, 1.54) is 0 Å². The van der Waals surface area contributed by atoms with Crippen molar-refractivity contribution in [1.29, 1.82) is 0 Å². The van der Waals surface area contributed by atoms with Gasteiger partial charge in [0.2, 0.25) is 11.8 Å². The van der Waals surface area contributed by atoms with Crippen molar-refractivity contribution in [1.82, 2.24) is 10.6 Å². The lowest BCUT2D eigenvalue weighted by Gasteiger charge is -2.19. The van der Waals surface area contributed by atoms with Gasteiger partial charge in [0.05, 0.1) is 4.99 Å². The van der Waals surface area contributed by atoms with Gasteiger partial charge in [-0.15, -0.1) is 0 Å². The number of nitrogens with two attached hydrogens (primary N) is 1. The van der Waals surface area contributed by atoms with Gasteiger partial charge in [0.25, 0.3) is 0 Å². The molecule has 0 heterocycles. The van der Waals surface area contributed by atoms with Gasteiger partial charge in [-0.3, -0.25) is 9.59 Å². The molecule has 6 heteroatoms. The number of rotatable bonds is 6. The number of hydrogen-bond donors (Lipinski definition) is 3. The molecule has 0 bridgehead atoms. The Morgan fingerprint density at radius 2 is 1.85 bits per heavy atom. The topological polar surface area (TPSA) is 84.2 Å². The first-order valence-corrected chi connectivity index (χ1v) is 6.80. The van der Waals surface area contributed by atoms with E-state index in [4.69, 9.17) is 18.0 Å². The van der Waals surface area contributed by atoms with Crippen LogP contribution in [0.1, 0.15) is 25.3 Å². The number of likely N-dealkylation sites (N-methyl/N-ethyl adjacent to an activating group) is 1. The zero-order chi connectivity index (χ0) is 15.1. The first-order valence-electron chi connectivity index (χ1n) is 6.39. The summed E-state index contributed by atoms with van der Waals surface area (Å²) >= 11 is 4.96. The van der Waals surface area contributed by atoms with Crippen molar-refractivity contribution in [3.8, 4) is 0 Å². The predicted molar refractivity (Wildman–Crippen MR) is 82.3 cm³/mol. The van der Waals surface area contributed by atoms with E-state index in [2.05, 4.69) is 10.6 Å². The van der Waals surface area contributed by atoms with Crippen molar-refractivity contribution < 1.29 is 9.59 Å². The molecule has 0 aliphatic heterocycles. The third-order valence-electron chi connectivity index (χ3n) is 2.78. The van der Waals surface area contributed by atoms with Crippen LogP contribution in [-0.4, -0.2) is 29.4 Å². The van der Waals surface area contributed by atoms with E-state index in [0.717, 1.165) is 0 Å². The minimum Gasteiger partial charge on any atom is -0.392 e. The third kappa shape index (κ3) is 4.31. The lowest BCUT2D eigenvalue weighted by molar-refractivity contribution is -0.128. The van der Waals surface area contributed by atoms with E-state index in [1.807, 2.05) is 13.0 Å². The van der Waals surface area contributed by atoms with Crippen molar-refractivity contribution >= 4 is 29.0 Å². The zero-order valence-corrected chi connectivity index (χ0v) is 12.4. The molecule has 5 nitrogen and oxygen atoms in total. The maximum atomic E-state index is 12.2. The summed E-state index contributed by atoms with van der Waals surface area (Å²) in [6, 6.07) is 8.38. The summed E-state index contributed by atoms with van der Waals surface area (Å²) in [6.45, 7) is 3.94. The average molecular weight is 293 g/mol. The van der Waals surface area contributed by atoms with Crippen LogP contribution in [0.2, 0.25) is 0 Å². The number of carbonyl (C=O) groups is 2. The molecule has 0 spiro atoms. The molecule has 108 valence electrons. The lowest BCUT2D eigenvalue weighted by atomic mass is 9.98. The summed E-state index contributed by atoms with van der Waals surface area (Å²) in [5.74, 6) is -1.35. The second kappa shape index (κ2) is 7.59. The highest BCUT2D eigenvalue weighted by atomic mass is 32.1. The van der Waals surface area contributed by atoms with Gasteiger partial charge in [-0.2, -0.15) is 0 Å². The minimum absolute atomic E-state index is 0.0804. The van der Waals surface area contributed by atoms with Crippen molar-refractivity contribution in [3.63, 3.8) is 0 Å². The molecule has 0 aromatic heterocycles. The number of amides is 2. The van der Waals surface area contributed by atoms with Crippen LogP contribution in [0.15, 0.2) is 30.3 Å². The number of benzene rings is 1. The van der Waals surface area contributed by atoms with E-state index < -0.39 is 12.0 Å². The Kier molecular flexibility index (Phi) is 6.11. The SMILES string of the molecule is CCNC(=O)C(C)NC(=O)C(C(N)=S)c1ccccc1. The van der Waals surface area contributed by atoms with Crippen LogP contribution < -0.4 is 16.4 Å². The van der Waals surface area contributed by atoms with Gasteiger partial charge in [-0.25, -0.2) is 0 Å². The molecule has 0 saturated carbocycles. The molecule has 1 aromatic rings. The van der Waals surface area contributed by atoms with Gasteiger partial charge in [-0.1, -0.05) is 42.5 Å². The number of hydrogen-bond acceptors (Lipinski definition) is 3. The Morgan fingerprint density at radius 1 is 1.25 bits per heavy atom. The highest BCUT2D eigenvalue weighted by Gasteiger charge is 2.26. The molecule has 0 saturated heterocycles. The molecule has 2 amide bonds. The Bertz CT molecular complexity index is 490. The molecule has 2 atom stereocenters. The fraction of sp³-hybridized carbons (Fsp3) is 0.357. The molecule has 0 fully saturated rings. The predicted octanol–water partition coefficient (Wildman–Crippen LogP) is 0.697. The molecule has 1 rings (SSSR count). The van der Waals surface area contributed by atoms with Gasteiger partial charge in [0.1, 0.15) is 12.0 Å². The van der Waals surface area contributed by atoms with Crippen molar-refractivity contribution in [2.45, 2.75) is 25.8 Å². The molecule has 20 heavy (non-hydrogen) atoms. The Balaban J connectivity index is 2.81. The van der Waals surface area contributed by atoms with Gasteiger partial charge in [-0.05, 0) is 19.4 Å². The average Bonchev–Trinajstić information content (AvgIpc) is 2.39. The molecule has 4 N–H and O–H groups in total. The van der Waals surface area contributed by atoms with Crippen molar-refractivity contribution in [2.75, 3.05) is 6.54 Å². The number of thiocarbonyl (C=S) groups is 1. The van der Waals surface area contributed by atoms with Crippen LogP contribution in [-0.2, 0) is 9.59 Å². The quantitative estimate of drug-likeness (QED) is 0.674. The van der Waals surface area contributed by atoms with Crippen molar-refractivity contribution in [3.05, 3.63) is 35.9 Å². The van der Waals surface area contributed by atoms with Crippen LogP contribution in [0.3, 0.4) is 0 Å². The molecule has 1 aromatic carbocycles. The smallest absolute Gasteiger partial charge is 0.242 e. The van der Waals surface area contributed by atoms with E-state index in [0.29, 0.717) is 12.1 Å². The van der Waals surface area contributed by atoms with Crippen LogP contribution in [0.5, 0.6) is 0 Å². The van der Waals surface area contributed by atoms with Crippen LogP contribution in [0, 0.1) is 0 Å². The Morgan fingerprint density at radius 3 is 2.35 bits per heavy atom. The summed E-state index contributed by atoms with van der Waals surface area (Å²) < 4.78 is 0. The van der Waals surface area contributed by atoms with Gasteiger partial charge >= 0.3 is 0 Å². The van der Waals surface area contributed by atoms with Gasteiger partial charge in [0.15, 0.2) is 0 Å². The molecular weight excluding hydrogens is 274 g/mol. The van der Waals surface area contributed by atoms with E-state index in [-0.39, 0.29) is 16.8 Å². The monoisotopic (exact) mass is 293 g/mol. The molecular formula is C14H19N3O2S. The summed E-state index contributed by atoms with van der Waals surface area (Å²) in [6.07, 6.45) is 0. The standard InChI is InChI=1S/C14H19N3O2S/c1-3-16-13(18)9(2)17-14(19)11(12(15)20)10-7-5-4-6-8-10/h4-9,11H,3H2,1-2H3,(H2,15,20)(H,16,18)(H,17,19). The highest BCUT2D eigenvalue weighted by molar-refractivity contribution is 7.80. The lowest BCUT2D eigenvalue weighted by Crippen LogP contribution is -2.47. The maximum absolute atomic E-state index is 12.2. The zero-order valence-electron chi connectivity index (χ0n) is 11.6. The molecule has 2 unspecified atom stereocenters. The second-order valence-electron chi connectivity index (χ2n) is 4.37. The van der Waals surface area contributed by atoms with Gasteiger partial charge < -0.3 is 16.4 Å². The number of carbonyl (C=O) groups excluding carboxylic acids is 2. The Labute approximate surface area is 123 Å². The fourth-order valence-electron chi connectivity index (χ4n) is 1.78. The second-order valence-corrected chi connectivity index (χ2v) is 4.84. The summed E-state index contributed by atoms with van der Waals surface area (Å²) in [7, 11) is 0. The first kappa shape index (κ1) is 16.1. The largest absolute Gasteiger partial charge is 0.392 e. The van der Waals surface area contributed by atoms with E-state index >= 15 is 0 Å². The Hall–Kier alpha value is -1.95. The third-order valence-corrected chi connectivity index (χ3v) is 3.02. The highest BCUT2D eigenvalue weighted by Crippen LogP contribution is 2.16. The van der Waals surface area contributed by atoms with Gasteiger partial charge in [0, 0.05) is 6.54 Å². The summed E-state index contributed by atoms with van der Waals surface area (Å²) in [5.41, 5.74) is 6.36. The summed E-state index contributed by atoms with van der Waals surface area (Å²) in [5, 5.41) is 5.27. The minimum atomic E-state index is -0.733. The van der Waals surface area contributed by atoms with Crippen LogP contribution >= 0.6 is 12.2 Å². The van der Waals surface area contributed by atoms with E-state index in [1.54, 1.807) is 31.2 Å². The van der Waals surface area contributed by atoms with Crippen LogP contribution in [0.25, 0.3) is 0 Å². The fourth-order valence-corrected chi connectivity index (χ4v) is 2.02. The molecule has 0 radical (unpaired) electrons. The van der Waals surface area contributed by atoms with Crippen molar-refractivity contribution in [2.24, 2.45) is 5.73 Å². The molecule has 0 aliphatic rings. The first-order chi connectivity index (χ1) is 9.47. The van der Waals surface area contributed by atoms with E-state index in [9.17, 15) is 9.59 Å². The molecule has 0 aliphatic carbocycles.